The van der Waals surface area contributed by atoms with Gasteiger partial charge in [-0.25, -0.2) is 0 Å². The first-order valence-electron chi connectivity index (χ1n) is 7.53. The van der Waals surface area contributed by atoms with Crippen molar-refractivity contribution in [3.63, 3.8) is 0 Å². The number of piperidine rings is 1. The van der Waals surface area contributed by atoms with E-state index in [1.165, 1.54) is 19.3 Å². The predicted molar refractivity (Wildman–Crippen MR) is 80.5 cm³/mol. The van der Waals surface area contributed by atoms with Crippen LogP contribution in [0.2, 0.25) is 5.02 Å². The Morgan fingerprint density at radius 2 is 2.10 bits per heavy atom. The van der Waals surface area contributed by atoms with Crippen LogP contribution in [0.5, 0.6) is 0 Å². The van der Waals surface area contributed by atoms with Crippen LogP contribution in [-0.4, -0.2) is 23.2 Å². The first kappa shape index (κ1) is 13.3. The molecule has 1 saturated carbocycles. The summed E-state index contributed by atoms with van der Waals surface area (Å²) in [4.78, 5) is 4.60. The van der Waals surface area contributed by atoms with E-state index >= 15 is 0 Å². The van der Waals surface area contributed by atoms with Crippen molar-refractivity contribution in [2.45, 2.75) is 31.6 Å². The lowest BCUT2D eigenvalue weighted by molar-refractivity contribution is 0.310. The molecule has 2 aliphatic rings. The Labute approximate surface area is 128 Å². The molecule has 2 fully saturated rings. The Kier molecular flexibility index (Phi) is 3.23. The van der Waals surface area contributed by atoms with Crippen molar-refractivity contribution in [2.75, 3.05) is 13.1 Å². The highest BCUT2D eigenvalue weighted by molar-refractivity contribution is 6.31. The average Bonchev–Trinajstić information content (AvgIpc) is 2.98. The second-order valence-electron chi connectivity index (χ2n) is 6.19. The number of benzene rings is 1. The molecule has 1 aliphatic carbocycles. The van der Waals surface area contributed by atoms with Gasteiger partial charge in [0.1, 0.15) is 0 Å². The number of halogens is 1. The molecule has 1 unspecified atom stereocenters. The quantitative estimate of drug-likeness (QED) is 0.946. The van der Waals surface area contributed by atoms with Crippen LogP contribution in [-0.2, 0) is 6.42 Å². The SMILES string of the molecule is Clc1ccccc1Cc1noc(C2CC23CCNCC3)n1. The summed E-state index contributed by atoms with van der Waals surface area (Å²) in [5.41, 5.74) is 1.47. The molecule has 0 bridgehead atoms. The van der Waals surface area contributed by atoms with E-state index < -0.39 is 0 Å². The second kappa shape index (κ2) is 5.11. The van der Waals surface area contributed by atoms with Crippen molar-refractivity contribution >= 4 is 11.6 Å². The third-order valence-electron chi connectivity index (χ3n) is 4.88. The molecule has 4 nitrogen and oxygen atoms in total. The van der Waals surface area contributed by atoms with Crippen LogP contribution in [0, 0.1) is 5.41 Å². The van der Waals surface area contributed by atoms with Gasteiger partial charge >= 0.3 is 0 Å². The van der Waals surface area contributed by atoms with Crippen LogP contribution in [0.25, 0.3) is 0 Å². The highest BCUT2D eigenvalue weighted by atomic mass is 35.5. The van der Waals surface area contributed by atoms with Crippen LogP contribution < -0.4 is 5.32 Å². The molecule has 2 aromatic rings. The van der Waals surface area contributed by atoms with E-state index in [0.29, 0.717) is 17.8 Å². The molecule has 1 aromatic carbocycles. The van der Waals surface area contributed by atoms with Crippen LogP contribution >= 0.6 is 11.6 Å². The molecule has 0 radical (unpaired) electrons. The lowest BCUT2D eigenvalue weighted by Crippen LogP contribution is -2.29. The first-order valence-corrected chi connectivity index (χ1v) is 7.91. The number of hydrogen-bond acceptors (Lipinski definition) is 4. The summed E-state index contributed by atoms with van der Waals surface area (Å²) in [6.45, 7) is 2.22. The highest BCUT2D eigenvalue weighted by Crippen LogP contribution is 2.63. The van der Waals surface area contributed by atoms with E-state index in [0.717, 1.165) is 35.4 Å². The van der Waals surface area contributed by atoms with Gasteiger partial charge in [-0.2, -0.15) is 4.98 Å². The molecule has 5 heteroatoms. The standard InChI is InChI=1S/C16H18ClN3O/c17-13-4-2-1-3-11(13)9-14-19-15(21-20-14)12-10-16(12)5-7-18-8-6-16/h1-4,12,18H,5-10H2. The van der Waals surface area contributed by atoms with Gasteiger partial charge in [0.05, 0.1) is 0 Å². The summed E-state index contributed by atoms with van der Waals surface area (Å²) in [7, 11) is 0. The number of nitrogens with one attached hydrogen (secondary N) is 1. The van der Waals surface area contributed by atoms with E-state index in [2.05, 4.69) is 15.5 Å². The zero-order valence-corrected chi connectivity index (χ0v) is 12.6. The smallest absolute Gasteiger partial charge is 0.230 e. The van der Waals surface area contributed by atoms with Crippen molar-refractivity contribution < 1.29 is 4.52 Å². The van der Waals surface area contributed by atoms with Gasteiger partial charge in [0.15, 0.2) is 5.82 Å². The lowest BCUT2D eigenvalue weighted by atomic mass is 9.92. The Hall–Kier alpha value is -1.39. The average molecular weight is 304 g/mol. The summed E-state index contributed by atoms with van der Waals surface area (Å²) in [6, 6.07) is 7.80. The molecule has 1 aromatic heterocycles. The minimum absolute atomic E-state index is 0.430. The van der Waals surface area contributed by atoms with Gasteiger partial charge in [-0.05, 0) is 49.4 Å². The fourth-order valence-corrected chi connectivity index (χ4v) is 3.67. The van der Waals surface area contributed by atoms with Gasteiger partial charge in [0, 0.05) is 17.4 Å². The molecule has 4 rings (SSSR count). The molecular formula is C16H18ClN3O. The minimum atomic E-state index is 0.430. The molecule has 1 atom stereocenters. The lowest BCUT2D eigenvalue weighted by Gasteiger charge is -2.22. The van der Waals surface area contributed by atoms with E-state index in [1.807, 2.05) is 24.3 Å². The topological polar surface area (TPSA) is 51.0 Å². The van der Waals surface area contributed by atoms with E-state index in [4.69, 9.17) is 16.1 Å². The second-order valence-corrected chi connectivity index (χ2v) is 6.59. The van der Waals surface area contributed by atoms with Crippen molar-refractivity contribution in [3.8, 4) is 0 Å². The molecule has 0 amide bonds. The maximum absolute atomic E-state index is 6.18. The summed E-state index contributed by atoms with van der Waals surface area (Å²) in [5.74, 6) is 2.01. The van der Waals surface area contributed by atoms with Gasteiger partial charge in [0.25, 0.3) is 0 Å². The van der Waals surface area contributed by atoms with Gasteiger partial charge in [0.2, 0.25) is 5.89 Å². The van der Waals surface area contributed by atoms with Crippen molar-refractivity contribution in [3.05, 3.63) is 46.6 Å². The minimum Gasteiger partial charge on any atom is -0.339 e. The van der Waals surface area contributed by atoms with E-state index in [1.54, 1.807) is 0 Å². The van der Waals surface area contributed by atoms with Gasteiger partial charge in [-0.1, -0.05) is 35.0 Å². The van der Waals surface area contributed by atoms with Gasteiger partial charge < -0.3 is 9.84 Å². The largest absolute Gasteiger partial charge is 0.339 e. The first-order chi connectivity index (χ1) is 10.3. The summed E-state index contributed by atoms with van der Waals surface area (Å²) < 4.78 is 5.50. The van der Waals surface area contributed by atoms with Crippen LogP contribution in [0.1, 0.15) is 42.5 Å². The maximum atomic E-state index is 6.18. The molecule has 1 aliphatic heterocycles. The molecule has 1 N–H and O–H groups in total. The summed E-state index contributed by atoms with van der Waals surface area (Å²) in [6.07, 6.45) is 4.27. The fourth-order valence-electron chi connectivity index (χ4n) is 3.47. The summed E-state index contributed by atoms with van der Waals surface area (Å²) in [5, 5.41) is 8.30. The number of hydrogen-bond donors (Lipinski definition) is 1. The normalized spacial score (nSPS) is 23.4. The van der Waals surface area contributed by atoms with Gasteiger partial charge in [-0.3, -0.25) is 0 Å². The Morgan fingerprint density at radius 1 is 1.29 bits per heavy atom. The highest BCUT2D eigenvalue weighted by Gasteiger charge is 2.57. The molecule has 2 heterocycles. The summed E-state index contributed by atoms with van der Waals surface area (Å²) >= 11 is 6.18. The van der Waals surface area contributed by atoms with Crippen LogP contribution in [0.4, 0.5) is 0 Å². The van der Waals surface area contributed by atoms with Crippen LogP contribution in [0.3, 0.4) is 0 Å². The number of rotatable bonds is 3. The Bertz CT molecular complexity index is 648. The van der Waals surface area contributed by atoms with Crippen molar-refractivity contribution in [2.24, 2.45) is 5.41 Å². The monoisotopic (exact) mass is 303 g/mol. The Morgan fingerprint density at radius 3 is 2.90 bits per heavy atom. The molecule has 21 heavy (non-hydrogen) atoms. The number of aromatic nitrogens is 2. The third-order valence-corrected chi connectivity index (χ3v) is 5.25. The van der Waals surface area contributed by atoms with Crippen molar-refractivity contribution in [1.29, 1.82) is 0 Å². The molecular weight excluding hydrogens is 286 g/mol. The zero-order valence-electron chi connectivity index (χ0n) is 11.8. The maximum Gasteiger partial charge on any atom is 0.230 e. The van der Waals surface area contributed by atoms with E-state index in [9.17, 15) is 0 Å². The number of nitrogens with zero attached hydrogens (tertiary/aromatic N) is 2. The van der Waals surface area contributed by atoms with E-state index in [-0.39, 0.29) is 0 Å². The molecule has 1 spiro atoms. The van der Waals surface area contributed by atoms with Crippen molar-refractivity contribution in [1.82, 2.24) is 15.5 Å². The van der Waals surface area contributed by atoms with Gasteiger partial charge in [-0.15, -0.1) is 0 Å². The predicted octanol–water partition coefficient (Wildman–Crippen LogP) is 3.17. The zero-order chi connectivity index (χ0) is 14.3. The van der Waals surface area contributed by atoms with Crippen LogP contribution in [0.15, 0.2) is 28.8 Å². The Balaban J connectivity index is 1.48. The third kappa shape index (κ3) is 2.47. The fraction of sp³-hybridized carbons (Fsp3) is 0.500. The molecule has 110 valence electrons. The molecule has 1 saturated heterocycles.